The van der Waals surface area contributed by atoms with Gasteiger partial charge in [-0.25, -0.2) is 9.59 Å². The fourth-order valence-electron chi connectivity index (χ4n) is 6.07. The van der Waals surface area contributed by atoms with E-state index in [9.17, 15) is 24.3 Å². The predicted molar refractivity (Wildman–Crippen MR) is 182 cm³/mol. The number of alkyl halides is 1. The van der Waals surface area contributed by atoms with E-state index in [0.29, 0.717) is 32.5 Å². The van der Waals surface area contributed by atoms with Gasteiger partial charge in [0.1, 0.15) is 25.6 Å². The molecule has 0 saturated carbocycles. The zero-order valence-electron chi connectivity index (χ0n) is 28.0. The summed E-state index contributed by atoms with van der Waals surface area (Å²) >= 11 is 5.53. The smallest absolute Gasteiger partial charge is 1.00 e. The van der Waals surface area contributed by atoms with E-state index < -0.39 is 17.3 Å². The first-order valence-corrected chi connectivity index (χ1v) is 15.9. The van der Waals surface area contributed by atoms with Gasteiger partial charge in [0.15, 0.2) is 5.78 Å². The number of piperidine rings is 2. The first-order chi connectivity index (χ1) is 21.5. The number of hydrogen-bond donors (Lipinski definition) is 1. The average Bonchev–Trinajstić information content (AvgIpc) is 3.04. The number of nitrogens with zero attached hydrogens (tertiary/aromatic N) is 2. The molecule has 0 bridgehead atoms. The number of benzene rings is 2. The SMILES string of the molecule is C.C.C[C@@]1(O)CN(C(=O)OCc2ccccc2)CC[C@H]1CC(=O)CCl.C[C@@]12CN(C(=O)OCc3ccccc3)CC[C@H]1CC(=O)CO2.[H-].[Na+]. The first kappa shape index (κ1) is 43.6. The molecule has 3 fully saturated rings. The third kappa shape index (κ3) is 12.4. The summed E-state index contributed by atoms with van der Waals surface area (Å²) in [5.41, 5.74) is 0.329. The number of halogens is 1. The molecule has 4 atom stereocenters. The minimum absolute atomic E-state index is 0. The Balaban J connectivity index is 0.000000870. The maximum atomic E-state index is 12.2. The maximum absolute atomic E-state index is 12.2. The van der Waals surface area contributed by atoms with Crippen LogP contribution in [0, 0.1) is 11.8 Å². The van der Waals surface area contributed by atoms with Crippen LogP contribution in [-0.2, 0) is 37.0 Å². The Labute approximate surface area is 314 Å². The number of carbonyl (C=O) groups is 4. The van der Waals surface area contributed by atoms with E-state index in [1.807, 2.05) is 67.6 Å². The summed E-state index contributed by atoms with van der Waals surface area (Å²) in [5, 5.41) is 10.5. The number of ether oxygens (including phenoxy) is 3. The molecule has 2 aromatic carbocycles. The van der Waals surface area contributed by atoms with Crippen LogP contribution >= 0.6 is 11.6 Å². The van der Waals surface area contributed by atoms with E-state index in [1.165, 1.54) is 4.90 Å². The number of fused-ring (bicyclic) bond motifs is 1. The fraction of sp³-hybridized carbons (Fsp3) is 0.556. The quantitative estimate of drug-likeness (QED) is 0.345. The Morgan fingerprint density at radius 3 is 1.90 bits per heavy atom. The first-order valence-electron chi connectivity index (χ1n) is 15.4. The summed E-state index contributed by atoms with van der Waals surface area (Å²) in [4.78, 5) is 50.6. The van der Waals surface area contributed by atoms with Crippen molar-refractivity contribution in [3.8, 4) is 0 Å². The van der Waals surface area contributed by atoms with Crippen molar-refractivity contribution in [2.75, 3.05) is 38.7 Å². The fourth-order valence-corrected chi connectivity index (χ4v) is 6.18. The molecule has 5 rings (SSSR count). The number of likely N-dealkylation sites (tertiary alicyclic amines) is 2. The molecule has 2 aromatic rings. The van der Waals surface area contributed by atoms with E-state index in [-0.39, 0.29) is 114 Å². The van der Waals surface area contributed by atoms with Crippen LogP contribution in [0.15, 0.2) is 60.7 Å². The molecule has 1 N–H and O–H groups in total. The van der Waals surface area contributed by atoms with Gasteiger partial charge in [-0.05, 0) is 49.7 Å². The van der Waals surface area contributed by atoms with Crippen LogP contribution in [0.25, 0.3) is 0 Å². The van der Waals surface area contributed by atoms with Crippen molar-refractivity contribution in [1.82, 2.24) is 9.80 Å². The molecule has 0 radical (unpaired) electrons. The van der Waals surface area contributed by atoms with Crippen LogP contribution in [0.4, 0.5) is 9.59 Å². The number of Topliss-reactive ketones (excluding diaryl/α,β-unsaturated/α-hetero) is 2. The van der Waals surface area contributed by atoms with Gasteiger partial charge in [-0.2, -0.15) is 0 Å². The Bertz CT molecular complexity index is 1320. The summed E-state index contributed by atoms with van der Waals surface area (Å²) in [6.45, 7) is 5.98. The summed E-state index contributed by atoms with van der Waals surface area (Å²) in [7, 11) is 0. The van der Waals surface area contributed by atoms with Gasteiger partial charge >= 0.3 is 41.7 Å². The number of hydrogen-bond acceptors (Lipinski definition) is 8. The minimum atomic E-state index is -1.12. The van der Waals surface area contributed by atoms with E-state index in [4.69, 9.17) is 25.8 Å². The molecule has 0 spiro atoms. The van der Waals surface area contributed by atoms with E-state index in [0.717, 1.165) is 17.5 Å². The van der Waals surface area contributed by atoms with Crippen molar-refractivity contribution in [1.29, 1.82) is 0 Å². The standard InChI is InChI=1S/C17H22ClNO4.C17H21NO4.2CH4.Na.H/c1-17(22)12-19(8-7-14(17)9-15(20)10-18)16(21)23-11-13-5-3-2-4-6-13;1-17-12-18(8-7-14(17)9-15(19)11-22-17)16(20)21-10-13-5-3-2-4-6-13;;;;/h2-6,14,22H,7-12H2,1H3;2-6,14H,7-12H2,1H3;2*1H4;;/q;;;;+1;-1/t2*14-,17+;;;;/m00..../s1. The van der Waals surface area contributed by atoms with Crippen LogP contribution in [0.5, 0.6) is 0 Å². The molecule has 262 valence electrons. The summed E-state index contributed by atoms with van der Waals surface area (Å²) in [6.07, 6.45) is 1.37. The van der Waals surface area contributed by atoms with E-state index in [1.54, 1.807) is 11.8 Å². The van der Waals surface area contributed by atoms with Crippen molar-refractivity contribution in [2.45, 2.75) is 78.8 Å². The van der Waals surface area contributed by atoms with Crippen molar-refractivity contribution in [3.63, 3.8) is 0 Å². The van der Waals surface area contributed by atoms with E-state index >= 15 is 0 Å². The van der Waals surface area contributed by atoms with Gasteiger partial charge in [0.2, 0.25) is 0 Å². The van der Waals surface area contributed by atoms with Gasteiger partial charge in [-0.1, -0.05) is 75.5 Å². The molecule has 0 unspecified atom stereocenters. The molecule has 3 heterocycles. The van der Waals surface area contributed by atoms with Crippen LogP contribution in [0.3, 0.4) is 0 Å². The van der Waals surface area contributed by atoms with Gasteiger partial charge in [-0.3, -0.25) is 9.59 Å². The molecule has 2 amide bonds. The third-order valence-corrected chi connectivity index (χ3v) is 9.14. The molecule has 3 aliphatic rings. The zero-order valence-corrected chi connectivity index (χ0v) is 29.7. The van der Waals surface area contributed by atoms with Crippen LogP contribution in [0.2, 0.25) is 0 Å². The zero-order chi connectivity index (χ0) is 32.5. The van der Waals surface area contributed by atoms with Gasteiger partial charge in [-0.15, -0.1) is 11.6 Å². The summed E-state index contributed by atoms with van der Waals surface area (Å²) in [6, 6.07) is 19.0. The van der Waals surface area contributed by atoms with Crippen molar-refractivity contribution >= 4 is 35.4 Å². The topological polar surface area (TPSA) is 123 Å². The number of ketones is 2. The number of amides is 2. The monoisotopic (exact) mass is 698 g/mol. The third-order valence-electron chi connectivity index (χ3n) is 8.84. The second-order valence-corrected chi connectivity index (χ2v) is 12.7. The summed E-state index contributed by atoms with van der Waals surface area (Å²) < 4.78 is 16.4. The molecule has 48 heavy (non-hydrogen) atoms. The maximum Gasteiger partial charge on any atom is 1.00 e. The Kier molecular flexibility index (Phi) is 18.4. The molecule has 10 nitrogen and oxygen atoms in total. The molecular weight excluding hydrogens is 647 g/mol. The molecule has 12 heteroatoms. The summed E-state index contributed by atoms with van der Waals surface area (Å²) in [5.74, 6) is 0.0357. The second-order valence-electron chi connectivity index (χ2n) is 12.5. The van der Waals surface area contributed by atoms with Gasteiger partial charge in [0.25, 0.3) is 0 Å². The number of rotatable bonds is 7. The number of β-amino-alcohol motifs (C(OH)–C–C–N with tert-alkyl or cyclic N) is 1. The van der Waals surface area contributed by atoms with Gasteiger partial charge < -0.3 is 30.5 Å². The Morgan fingerprint density at radius 1 is 0.896 bits per heavy atom. The van der Waals surface area contributed by atoms with Gasteiger partial charge in [0.05, 0.1) is 30.2 Å². The van der Waals surface area contributed by atoms with Crippen molar-refractivity contribution < 1.29 is 69.5 Å². The molecule has 3 saturated heterocycles. The van der Waals surface area contributed by atoms with Crippen LogP contribution < -0.4 is 29.6 Å². The van der Waals surface area contributed by atoms with Crippen LogP contribution in [-0.4, -0.2) is 88.5 Å². The Morgan fingerprint density at radius 2 is 1.40 bits per heavy atom. The largest absolute Gasteiger partial charge is 1.00 e. The Hall–Kier alpha value is -2.47. The van der Waals surface area contributed by atoms with Crippen LogP contribution in [0.1, 0.15) is 66.9 Å². The minimum Gasteiger partial charge on any atom is -1.00 e. The molecule has 0 aromatic heterocycles. The van der Waals surface area contributed by atoms with Crippen molar-refractivity contribution in [3.05, 3.63) is 71.8 Å². The average molecular weight is 699 g/mol. The molecule has 0 aliphatic carbocycles. The predicted octanol–water partition coefficient (Wildman–Crippen LogP) is 3.38. The normalized spacial score (nSPS) is 24.5. The van der Waals surface area contributed by atoms with Crippen molar-refractivity contribution in [2.24, 2.45) is 11.8 Å². The second kappa shape index (κ2) is 20.3. The van der Waals surface area contributed by atoms with Gasteiger partial charge in [0, 0.05) is 25.9 Å². The number of carbonyl (C=O) groups excluding carboxylic acids is 4. The number of aliphatic hydroxyl groups is 1. The van der Waals surface area contributed by atoms with E-state index in [2.05, 4.69) is 0 Å². The molecular formula is C36H52ClN2NaO8. The molecule has 3 aliphatic heterocycles.